The normalized spacial score (nSPS) is 12.3. The molecule has 18 heavy (non-hydrogen) atoms. The van der Waals surface area contributed by atoms with Crippen molar-refractivity contribution in [2.75, 3.05) is 0 Å². The first-order chi connectivity index (χ1) is 8.58. The monoisotopic (exact) mass is 266 g/mol. The number of aromatic nitrogens is 2. The molecule has 0 aliphatic carbocycles. The molecule has 94 valence electrons. The molecular weight excluding hydrogens is 256 g/mol. The molecule has 5 nitrogen and oxygen atoms in total. The Morgan fingerprint density at radius 3 is 2.72 bits per heavy atom. The van der Waals surface area contributed by atoms with Gasteiger partial charge in [0, 0.05) is 11.9 Å². The van der Waals surface area contributed by atoms with E-state index in [-0.39, 0.29) is 12.3 Å². The molecule has 1 unspecified atom stereocenters. The zero-order chi connectivity index (χ0) is 13.1. The van der Waals surface area contributed by atoms with Gasteiger partial charge in [-0.25, -0.2) is 0 Å². The Kier molecular flexibility index (Phi) is 3.62. The summed E-state index contributed by atoms with van der Waals surface area (Å²) in [6.45, 7) is 1.62. The van der Waals surface area contributed by atoms with Crippen molar-refractivity contribution in [3.8, 4) is 0 Å². The van der Waals surface area contributed by atoms with E-state index in [1.807, 2.05) is 0 Å². The lowest BCUT2D eigenvalue weighted by atomic mass is 9.99. The van der Waals surface area contributed by atoms with Crippen molar-refractivity contribution in [1.82, 2.24) is 10.2 Å². The topological polar surface area (TPSA) is 76.2 Å². The fourth-order valence-electron chi connectivity index (χ4n) is 1.62. The first kappa shape index (κ1) is 12.6. The highest BCUT2D eigenvalue weighted by atomic mass is 35.5. The summed E-state index contributed by atoms with van der Waals surface area (Å²) in [4.78, 5) is 11.3. The van der Waals surface area contributed by atoms with Crippen LogP contribution in [0.3, 0.4) is 0 Å². The number of aliphatic carboxylic acids is 1. The fraction of sp³-hybridized carbons (Fsp3) is 0.250. The molecule has 1 atom stereocenters. The summed E-state index contributed by atoms with van der Waals surface area (Å²) >= 11 is 6.01. The number of rotatable bonds is 4. The van der Waals surface area contributed by atoms with Crippen LogP contribution in [-0.2, 0) is 11.2 Å². The summed E-state index contributed by atoms with van der Waals surface area (Å²) in [5.74, 6) is -1.46. The van der Waals surface area contributed by atoms with E-state index >= 15 is 0 Å². The summed E-state index contributed by atoms with van der Waals surface area (Å²) in [5, 5.41) is 17.1. The first-order valence-electron chi connectivity index (χ1n) is 5.34. The second-order valence-corrected chi connectivity index (χ2v) is 4.25. The van der Waals surface area contributed by atoms with E-state index in [0.29, 0.717) is 10.9 Å². The van der Waals surface area contributed by atoms with Crippen molar-refractivity contribution in [2.45, 2.75) is 19.3 Å². The van der Waals surface area contributed by atoms with Crippen LogP contribution >= 0.6 is 11.6 Å². The minimum Gasteiger partial charge on any atom is -0.481 e. The number of halogens is 1. The average molecular weight is 267 g/mol. The molecule has 1 aromatic carbocycles. The van der Waals surface area contributed by atoms with Gasteiger partial charge in [-0.2, -0.15) is 0 Å². The average Bonchev–Trinajstić information content (AvgIpc) is 2.74. The van der Waals surface area contributed by atoms with Crippen molar-refractivity contribution in [2.24, 2.45) is 0 Å². The van der Waals surface area contributed by atoms with E-state index in [0.717, 1.165) is 5.56 Å². The highest BCUT2D eigenvalue weighted by Crippen LogP contribution is 2.24. The molecule has 0 bridgehead atoms. The third-order valence-electron chi connectivity index (χ3n) is 2.52. The molecule has 1 aromatic heterocycles. The van der Waals surface area contributed by atoms with E-state index in [1.165, 1.54) is 0 Å². The Bertz CT molecular complexity index is 568. The summed E-state index contributed by atoms with van der Waals surface area (Å²) in [6, 6.07) is 7.09. The van der Waals surface area contributed by atoms with Gasteiger partial charge in [-0.15, -0.1) is 10.2 Å². The van der Waals surface area contributed by atoms with Crippen LogP contribution in [0.25, 0.3) is 0 Å². The fourth-order valence-corrected chi connectivity index (χ4v) is 1.83. The van der Waals surface area contributed by atoms with Crippen molar-refractivity contribution < 1.29 is 14.3 Å². The van der Waals surface area contributed by atoms with Crippen molar-refractivity contribution in [3.63, 3.8) is 0 Å². The third kappa shape index (κ3) is 2.68. The third-order valence-corrected chi connectivity index (χ3v) is 2.89. The number of benzene rings is 1. The predicted molar refractivity (Wildman–Crippen MR) is 64.6 cm³/mol. The molecule has 0 aliphatic heterocycles. The summed E-state index contributed by atoms with van der Waals surface area (Å²) in [5.41, 5.74) is 0.738. The summed E-state index contributed by atoms with van der Waals surface area (Å²) in [6.07, 6.45) is 0.219. The molecule has 1 heterocycles. The van der Waals surface area contributed by atoms with Gasteiger partial charge in [0.25, 0.3) is 0 Å². The van der Waals surface area contributed by atoms with Gasteiger partial charge < -0.3 is 9.52 Å². The second kappa shape index (κ2) is 5.18. The molecule has 0 amide bonds. The Hall–Kier alpha value is -1.88. The molecule has 0 saturated carbocycles. The van der Waals surface area contributed by atoms with Crippen LogP contribution in [0.2, 0.25) is 5.02 Å². The number of hydrogen-bond acceptors (Lipinski definition) is 4. The van der Waals surface area contributed by atoms with Crippen LogP contribution in [0, 0.1) is 6.92 Å². The van der Waals surface area contributed by atoms with Crippen molar-refractivity contribution in [1.29, 1.82) is 0 Å². The Labute approximate surface area is 108 Å². The molecule has 1 N–H and O–H groups in total. The van der Waals surface area contributed by atoms with Crippen LogP contribution in [0.4, 0.5) is 0 Å². The van der Waals surface area contributed by atoms with Gasteiger partial charge in [0.1, 0.15) is 5.92 Å². The largest absolute Gasteiger partial charge is 0.481 e. The lowest BCUT2D eigenvalue weighted by molar-refractivity contribution is -0.139. The van der Waals surface area contributed by atoms with Crippen molar-refractivity contribution in [3.05, 3.63) is 46.6 Å². The summed E-state index contributed by atoms with van der Waals surface area (Å²) in [7, 11) is 0. The molecule has 6 heteroatoms. The van der Waals surface area contributed by atoms with Crippen LogP contribution in [-0.4, -0.2) is 21.3 Å². The number of carbonyl (C=O) groups is 1. The second-order valence-electron chi connectivity index (χ2n) is 3.85. The van der Waals surface area contributed by atoms with Crippen molar-refractivity contribution >= 4 is 17.6 Å². The van der Waals surface area contributed by atoms with Gasteiger partial charge in [0.15, 0.2) is 0 Å². The van der Waals surface area contributed by atoms with Gasteiger partial charge in [0.05, 0.1) is 0 Å². The van der Waals surface area contributed by atoms with E-state index in [2.05, 4.69) is 10.2 Å². The maximum absolute atomic E-state index is 11.3. The summed E-state index contributed by atoms with van der Waals surface area (Å²) < 4.78 is 5.17. The van der Waals surface area contributed by atoms with E-state index < -0.39 is 11.9 Å². The minimum atomic E-state index is -1.02. The van der Waals surface area contributed by atoms with Gasteiger partial charge in [-0.3, -0.25) is 4.79 Å². The molecular formula is C12H11ClN2O3. The highest BCUT2D eigenvalue weighted by molar-refractivity contribution is 6.31. The maximum atomic E-state index is 11.3. The zero-order valence-electron chi connectivity index (χ0n) is 9.63. The van der Waals surface area contributed by atoms with Gasteiger partial charge >= 0.3 is 5.97 Å². The number of carboxylic acids is 1. The van der Waals surface area contributed by atoms with Gasteiger partial charge in [0.2, 0.25) is 11.8 Å². The van der Waals surface area contributed by atoms with Gasteiger partial charge in [-0.1, -0.05) is 29.8 Å². The first-order valence-corrected chi connectivity index (χ1v) is 5.72. The number of aryl methyl sites for hydroxylation is 1. The van der Waals surface area contributed by atoms with Gasteiger partial charge in [-0.05, 0) is 18.1 Å². The zero-order valence-corrected chi connectivity index (χ0v) is 10.4. The van der Waals surface area contributed by atoms with Crippen LogP contribution < -0.4 is 0 Å². The Morgan fingerprint density at radius 2 is 2.17 bits per heavy atom. The Balaban J connectivity index is 2.28. The number of carboxylic acid groups (broad SMARTS) is 1. The maximum Gasteiger partial charge on any atom is 0.316 e. The number of hydrogen-bond donors (Lipinski definition) is 1. The van der Waals surface area contributed by atoms with Crippen LogP contribution in [0.5, 0.6) is 0 Å². The van der Waals surface area contributed by atoms with E-state index in [1.54, 1.807) is 31.2 Å². The molecule has 2 aromatic rings. The smallest absolute Gasteiger partial charge is 0.316 e. The minimum absolute atomic E-state index is 0.0971. The quantitative estimate of drug-likeness (QED) is 0.920. The SMILES string of the molecule is Cc1nnc(C(Cc2ccccc2Cl)C(=O)O)o1. The standard InChI is InChI=1S/C12H11ClN2O3/c1-7-14-15-11(18-7)9(12(16)17)6-8-4-2-3-5-10(8)13/h2-5,9H,6H2,1H3,(H,16,17). The lowest BCUT2D eigenvalue weighted by Crippen LogP contribution is -2.15. The lowest BCUT2D eigenvalue weighted by Gasteiger charge is -2.09. The van der Waals surface area contributed by atoms with E-state index in [4.69, 9.17) is 16.0 Å². The molecule has 0 radical (unpaired) electrons. The molecule has 0 saturated heterocycles. The van der Waals surface area contributed by atoms with E-state index in [9.17, 15) is 9.90 Å². The number of nitrogens with zero attached hydrogens (tertiary/aromatic N) is 2. The Morgan fingerprint density at radius 1 is 1.44 bits per heavy atom. The molecule has 0 fully saturated rings. The molecule has 0 aliphatic rings. The van der Waals surface area contributed by atoms with Crippen LogP contribution in [0.15, 0.2) is 28.7 Å². The molecule has 2 rings (SSSR count). The highest BCUT2D eigenvalue weighted by Gasteiger charge is 2.26. The molecule has 0 spiro atoms. The predicted octanol–water partition coefficient (Wildman–Crippen LogP) is 2.44. The van der Waals surface area contributed by atoms with Crippen LogP contribution in [0.1, 0.15) is 23.3 Å².